The van der Waals surface area contributed by atoms with E-state index in [-0.39, 0.29) is 18.3 Å². The van der Waals surface area contributed by atoms with Gasteiger partial charge in [-0.05, 0) is 69.9 Å². The van der Waals surface area contributed by atoms with Crippen LogP contribution in [0.15, 0.2) is 47.3 Å². The predicted octanol–water partition coefficient (Wildman–Crippen LogP) is 4.92. The topological polar surface area (TPSA) is 106 Å². The fraction of sp³-hybridized carbons (Fsp3) is 0.407. The molecule has 35 heavy (non-hydrogen) atoms. The minimum Gasteiger partial charge on any atom is -0.459 e. The van der Waals surface area contributed by atoms with Gasteiger partial charge in [0.15, 0.2) is 0 Å². The zero-order valence-electron chi connectivity index (χ0n) is 20.8. The van der Waals surface area contributed by atoms with Crippen LogP contribution in [0.25, 0.3) is 22.1 Å². The van der Waals surface area contributed by atoms with E-state index >= 15 is 0 Å². The second-order valence-electron chi connectivity index (χ2n) is 10.3. The largest absolute Gasteiger partial charge is 0.459 e. The second kappa shape index (κ2) is 9.41. The molecule has 1 unspecified atom stereocenters. The third kappa shape index (κ3) is 5.14. The van der Waals surface area contributed by atoms with Crippen molar-refractivity contribution in [1.29, 1.82) is 5.26 Å². The van der Waals surface area contributed by atoms with Gasteiger partial charge in [0.2, 0.25) is 0 Å². The molecule has 8 nitrogen and oxygen atoms in total. The number of esters is 1. The second-order valence-corrected chi connectivity index (χ2v) is 10.3. The van der Waals surface area contributed by atoms with Gasteiger partial charge in [0, 0.05) is 0 Å². The molecule has 0 spiro atoms. The average molecular weight is 474 g/mol. The number of hydrogen-bond donors (Lipinski definition) is 1. The average Bonchev–Trinajstić information content (AvgIpc) is 3.32. The minimum atomic E-state index is -0.643. The van der Waals surface area contributed by atoms with Crippen LogP contribution >= 0.6 is 0 Å². The van der Waals surface area contributed by atoms with E-state index in [2.05, 4.69) is 24.9 Å². The van der Waals surface area contributed by atoms with E-state index in [1.54, 1.807) is 37.5 Å². The number of H-pyrrole nitrogens is 1. The van der Waals surface area contributed by atoms with Crippen molar-refractivity contribution in [1.82, 2.24) is 19.1 Å². The lowest BCUT2D eigenvalue weighted by Crippen LogP contribution is -2.33. The Bertz CT molecular complexity index is 1480. The zero-order chi connectivity index (χ0) is 25.3. The van der Waals surface area contributed by atoms with Crippen molar-refractivity contribution in [2.24, 2.45) is 5.92 Å². The van der Waals surface area contributed by atoms with Gasteiger partial charge in [0.1, 0.15) is 18.0 Å². The number of para-hydroxylation sites is 2. The van der Waals surface area contributed by atoms with Gasteiger partial charge in [-0.15, -0.1) is 0 Å². The molecule has 4 aromatic rings. The van der Waals surface area contributed by atoms with E-state index in [4.69, 9.17) is 9.72 Å². The number of fused-ring (bicyclic) bond motifs is 2. The van der Waals surface area contributed by atoms with Crippen molar-refractivity contribution >= 4 is 28.0 Å². The monoisotopic (exact) mass is 473 g/mol. The maximum atomic E-state index is 13.8. The van der Waals surface area contributed by atoms with E-state index in [9.17, 15) is 14.9 Å². The molecule has 0 bridgehead atoms. The standard InChI is InChI=1S/C27H31N5O3/c1-17(2)10-13-23(25-29-19-12-11-18(15-28)14-20(19)30-25)32-22-9-7-6-8-21(22)31(26(32)34)16-24(33)35-27(3,4)5/h6-9,11-12,14,17,23H,10,13,16H2,1-5H3,(H,29,30). The van der Waals surface area contributed by atoms with Crippen LogP contribution in [-0.2, 0) is 16.1 Å². The molecule has 0 radical (unpaired) electrons. The summed E-state index contributed by atoms with van der Waals surface area (Å²) in [6.07, 6.45) is 1.56. The highest BCUT2D eigenvalue weighted by molar-refractivity contribution is 5.80. The number of nitriles is 1. The van der Waals surface area contributed by atoms with E-state index in [0.29, 0.717) is 29.2 Å². The van der Waals surface area contributed by atoms with Crippen LogP contribution in [0.4, 0.5) is 0 Å². The first-order valence-electron chi connectivity index (χ1n) is 11.9. The lowest BCUT2D eigenvalue weighted by Gasteiger charge is -2.19. The molecule has 0 aliphatic heterocycles. The molecule has 2 aromatic carbocycles. The summed E-state index contributed by atoms with van der Waals surface area (Å²) in [5.74, 6) is 0.616. The summed E-state index contributed by atoms with van der Waals surface area (Å²) in [7, 11) is 0. The lowest BCUT2D eigenvalue weighted by atomic mass is 10.0. The van der Waals surface area contributed by atoms with E-state index in [0.717, 1.165) is 23.0 Å². The number of carbonyl (C=O) groups excluding carboxylic acids is 1. The number of benzene rings is 2. The highest BCUT2D eigenvalue weighted by Gasteiger charge is 2.26. The molecule has 4 rings (SSSR count). The van der Waals surface area contributed by atoms with Gasteiger partial charge < -0.3 is 9.72 Å². The molecule has 182 valence electrons. The highest BCUT2D eigenvalue weighted by atomic mass is 16.6. The van der Waals surface area contributed by atoms with Crippen LogP contribution < -0.4 is 5.69 Å². The molecule has 0 fully saturated rings. The molecule has 8 heteroatoms. The Morgan fingerprint density at radius 1 is 1.14 bits per heavy atom. The predicted molar refractivity (Wildman–Crippen MR) is 135 cm³/mol. The van der Waals surface area contributed by atoms with Gasteiger partial charge in [-0.1, -0.05) is 26.0 Å². The fourth-order valence-corrected chi connectivity index (χ4v) is 4.33. The number of carbonyl (C=O) groups is 1. The molecule has 0 aliphatic rings. The highest BCUT2D eigenvalue weighted by Crippen LogP contribution is 2.28. The van der Waals surface area contributed by atoms with Crippen molar-refractivity contribution in [2.75, 3.05) is 0 Å². The Morgan fingerprint density at radius 3 is 2.51 bits per heavy atom. The van der Waals surface area contributed by atoms with Gasteiger partial charge in [0.25, 0.3) is 0 Å². The SMILES string of the molecule is CC(C)CCC(c1nc2ccc(C#N)cc2[nH]1)n1c(=O)n(CC(=O)OC(C)(C)C)c2ccccc21. The first-order chi connectivity index (χ1) is 16.6. The maximum Gasteiger partial charge on any atom is 0.330 e. The first-order valence-corrected chi connectivity index (χ1v) is 11.9. The first kappa shape index (κ1) is 24.3. The smallest absolute Gasteiger partial charge is 0.330 e. The van der Waals surface area contributed by atoms with E-state index in [1.165, 1.54) is 4.57 Å². The normalized spacial score (nSPS) is 12.8. The molecule has 1 N–H and O–H groups in total. The van der Waals surface area contributed by atoms with Gasteiger partial charge in [-0.3, -0.25) is 13.9 Å². The quantitative estimate of drug-likeness (QED) is 0.384. The maximum absolute atomic E-state index is 13.8. The number of hydrogen-bond acceptors (Lipinski definition) is 5. The van der Waals surface area contributed by atoms with E-state index in [1.807, 2.05) is 30.3 Å². The van der Waals surface area contributed by atoms with Crippen LogP contribution in [0.1, 0.15) is 64.9 Å². The Kier molecular flexibility index (Phi) is 6.53. The van der Waals surface area contributed by atoms with Gasteiger partial charge in [-0.25, -0.2) is 9.78 Å². The third-order valence-corrected chi connectivity index (χ3v) is 5.85. The number of imidazole rings is 2. The third-order valence-electron chi connectivity index (χ3n) is 5.85. The Balaban J connectivity index is 1.86. The van der Waals surface area contributed by atoms with Crippen molar-refractivity contribution in [3.63, 3.8) is 0 Å². The summed E-state index contributed by atoms with van der Waals surface area (Å²) in [6.45, 7) is 9.52. The zero-order valence-corrected chi connectivity index (χ0v) is 20.8. The van der Waals surface area contributed by atoms with Crippen LogP contribution in [0.3, 0.4) is 0 Å². The van der Waals surface area contributed by atoms with Crippen LogP contribution in [-0.4, -0.2) is 30.7 Å². The summed E-state index contributed by atoms with van der Waals surface area (Å²) in [5, 5.41) is 9.27. The molecule has 0 amide bonds. The van der Waals surface area contributed by atoms with Gasteiger partial charge in [-0.2, -0.15) is 5.26 Å². The molecule has 0 saturated heterocycles. The number of aromatic amines is 1. The van der Waals surface area contributed by atoms with E-state index < -0.39 is 11.6 Å². The van der Waals surface area contributed by atoms with Crippen molar-refractivity contribution in [3.05, 3.63) is 64.3 Å². The summed E-state index contributed by atoms with van der Waals surface area (Å²) >= 11 is 0. The summed E-state index contributed by atoms with van der Waals surface area (Å²) < 4.78 is 8.69. The molecular formula is C27H31N5O3. The number of ether oxygens (including phenoxy) is 1. The van der Waals surface area contributed by atoms with Gasteiger partial charge >= 0.3 is 11.7 Å². The molecule has 2 aromatic heterocycles. The molecule has 2 heterocycles. The lowest BCUT2D eigenvalue weighted by molar-refractivity contribution is -0.155. The summed E-state index contributed by atoms with van der Waals surface area (Å²) in [6, 6.07) is 14.6. The summed E-state index contributed by atoms with van der Waals surface area (Å²) in [4.78, 5) is 34.6. The van der Waals surface area contributed by atoms with Crippen LogP contribution in [0.5, 0.6) is 0 Å². The molecule has 0 saturated carbocycles. The number of nitrogens with one attached hydrogen (secondary N) is 1. The molecule has 0 aliphatic carbocycles. The number of aromatic nitrogens is 4. The Labute approximate surface area is 204 Å². The van der Waals surface area contributed by atoms with Crippen molar-refractivity contribution < 1.29 is 9.53 Å². The fourth-order valence-electron chi connectivity index (χ4n) is 4.33. The molecular weight excluding hydrogens is 442 g/mol. The number of nitrogens with zero attached hydrogens (tertiary/aromatic N) is 4. The Hall–Kier alpha value is -3.86. The summed E-state index contributed by atoms with van der Waals surface area (Å²) in [5.41, 5.74) is 2.49. The number of rotatable bonds is 7. The van der Waals surface area contributed by atoms with Crippen molar-refractivity contribution in [2.45, 2.75) is 65.6 Å². The molecule has 1 atom stereocenters. The van der Waals surface area contributed by atoms with Gasteiger partial charge in [0.05, 0.1) is 39.7 Å². The minimum absolute atomic E-state index is 0.174. The van der Waals surface area contributed by atoms with Crippen molar-refractivity contribution in [3.8, 4) is 6.07 Å². The Morgan fingerprint density at radius 2 is 1.86 bits per heavy atom. The van der Waals surface area contributed by atoms with Crippen LogP contribution in [0, 0.1) is 17.2 Å². The van der Waals surface area contributed by atoms with Crippen LogP contribution in [0.2, 0.25) is 0 Å².